The second kappa shape index (κ2) is 17.4. The zero-order valence-electron chi connectivity index (χ0n) is 23.1. The summed E-state index contributed by atoms with van der Waals surface area (Å²) in [5.41, 5.74) is -1.29. The van der Waals surface area contributed by atoms with E-state index in [1.807, 2.05) is 0 Å². The van der Waals surface area contributed by atoms with E-state index in [-0.39, 0.29) is 125 Å². The van der Waals surface area contributed by atoms with Gasteiger partial charge < -0.3 is 25.1 Å². The maximum absolute atomic E-state index is 12.9. The van der Waals surface area contributed by atoms with Crippen molar-refractivity contribution in [1.82, 2.24) is 9.78 Å². The molecule has 3 N–H and O–H groups in total. The van der Waals surface area contributed by atoms with Crippen molar-refractivity contribution in [2.75, 3.05) is 5.01 Å². The van der Waals surface area contributed by atoms with Crippen LogP contribution in [-0.4, -0.2) is 61.6 Å². The molecule has 20 heteroatoms. The molecule has 16 nitrogen and oxygen atoms in total. The Bertz CT molecular complexity index is 1820. The Hall–Kier alpha value is -1.84. The molecule has 0 aliphatic carbocycles. The Labute approximate surface area is 343 Å². The van der Waals surface area contributed by atoms with Gasteiger partial charge in [0.2, 0.25) is 5.88 Å². The fourth-order valence-corrected chi connectivity index (χ4v) is 4.45. The molecule has 1 aromatic heterocycles. The fourth-order valence-electron chi connectivity index (χ4n) is 3.63. The number of allylic oxidation sites excluding steroid dienone is 4. The standard InChI is InChI=1S/C25H18N4O12S2.2K/c30-22-18(20(24(32)33)26-28(22)14-6-10-16(11-7-14)42-41-40-36)4-2-1-3-5-19-21(25(34)35)27-29(23(19)31)15-8-12-17(13-9-15)43(37,38)39;;/h1-13,31,36H,(H,32,33)(H,34,35)(H,37,38,39);;/q;2*+1/p-2/b2-1+,5-3+,18-4+;;. The molecule has 3 aromatic rings. The second-order valence-corrected chi connectivity index (χ2v) is 10.3. The molecule has 4 rings (SSSR count). The van der Waals surface area contributed by atoms with E-state index in [1.54, 1.807) is 0 Å². The molecule has 0 radical (unpaired) electrons. The number of carboxylic acid groups (broad SMARTS) is 2. The van der Waals surface area contributed by atoms with Gasteiger partial charge in [0.1, 0.15) is 10.1 Å². The number of hydrogen-bond donors (Lipinski definition) is 3. The third-order valence-electron chi connectivity index (χ3n) is 5.54. The van der Waals surface area contributed by atoms with Gasteiger partial charge in [-0.1, -0.05) is 18.2 Å². The van der Waals surface area contributed by atoms with E-state index in [4.69, 9.17) is 0 Å². The minimum absolute atomic E-state index is 0. The van der Waals surface area contributed by atoms with Crippen molar-refractivity contribution in [1.29, 1.82) is 0 Å². The van der Waals surface area contributed by atoms with Crippen LogP contribution < -0.4 is 113 Å². The van der Waals surface area contributed by atoms with E-state index < -0.39 is 50.1 Å². The minimum Gasteiger partial charge on any atom is -0.744 e. The minimum atomic E-state index is -4.73. The second-order valence-electron chi connectivity index (χ2n) is 8.16. The molecule has 1 amide bonds. The summed E-state index contributed by atoms with van der Waals surface area (Å²) in [6.07, 6.45) is 6.26. The molecule has 0 bridgehead atoms. The van der Waals surface area contributed by atoms with Gasteiger partial charge >= 0.3 is 115 Å². The number of hydrogen-bond acceptors (Lipinski definition) is 13. The molecule has 0 saturated heterocycles. The number of anilines is 1. The zero-order valence-corrected chi connectivity index (χ0v) is 31.0. The maximum Gasteiger partial charge on any atom is 1.00 e. The molecule has 2 aromatic carbocycles. The van der Waals surface area contributed by atoms with E-state index >= 15 is 0 Å². The van der Waals surface area contributed by atoms with E-state index in [2.05, 4.69) is 19.6 Å². The molecule has 0 saturated carbocycles. The molecule has 0 fully saturated rings. The van der Waals surface area contributed by atoms with Crippen LogP contribution in [0.1, 0.15) is 16.1 Å². The van der Waals surface area contributed by atoms with E-state index in [0.29, 0.717) is 16.9 Å². The van der Waals surface area contributed by atoms with Crippen molar-refractivity contribution in [3.05, 3.63) is 89.7 Å². The number of aromatic hydroxyl groups is 1. The summed E-state index contributed by atoms with van der Waals surface area (Å²) in [6, 6.07) is 10.1. The van der Waals surface area contributed by atoms with Crippen molar-refractivity contribution in [2.45, 2.75) is 9.79 Å². The Morgan fingerprint density at radius 2 is 1.56 bits per heavy atom. The van der Waals surface area contributed by atoms with Crippen LogP contribution in [0.2, 0.25) is 0 Å². The molecule has 45 heavy (non-hydrogen) atoms. The first-order chi connectivity index (χ1) is 20.4. The average molecular weight is 707 g/mol. The normalized spacial score (nSPS) is 14.1. The number of amides is 1. The predicted octanol–water partition coefficient (Wildman–Crippen LogP) is -4.60. The summed E-state index contributed by atoms with van der Waals surface area (Å²) in [7, 11) is -4.73. The van der Waals surface area contributed by atoms with Crippen LogP contribution in [-0.2, 0) is 29.1 Å². The fraction of sp³-hybridized carbons (Fsp3) is 0. The molecular formula is C25H16K2N4O12S2. The number of benzene rings is 2. The van der Waals surface area contributed by atoms with Crippen molar-refractivity contribution >= 4 is 57.5 Å². The third kappa shape index (κ3) is 9.60. The average Bonchev–Trinajstić information content (AvgIpc) is 3.48. The molecule has 1 aliphatic rings. The van der Waals surface area contributed by atoms with E-state index in [1.165, 1.54) is 54.6 Å². The van der Waals surface area contributed by atoms with Crippen molar-refractivity contribution < 1.29 is 160 Å². The largest absolute Gasteiger partial charge is 1.00 e. The topological polar surface area (TPSA) is 244 Å². The van der Waals surface area contributed by atoms with E-state index in [9.17, 15) is 47.9 Å². The Balaban J connectivity index is 0.00000353. The summed E-state index contributed by atoms with van der Waals surface area (Å²) in [5, 5.41) is 51.4. The summed E-state index contributed by atoms with van der Waals surface area (Å²) in [5.74, 6) is -4.33. The molecule has 2 heterocycles. The smallest absolute Gasteiger partial charge is 0.744 e. The number of carbonyl (C=O) groups excluding carboxylic acids is 1. The number of aromatic nitrogens is 2. The van der Waals surface area contributed by atoms with Crippen LogP contribution in [0.15, 0.2) is 93.3 Å². The first-order valence-electron chi connectivity index (χ1n) is 11.5. The van der Waals surface area contributed by atoms with Gasteiger partial charge in [-0.25, -0.2) is 18.0 Å². The number of carbonyl (C=O) groups is 3. The van der Waals surface area contributed by atoms with Crippen LogP contribution in [0.3, 0.4) is 0 Å². The van der Waals surface area contributed by atoms with Crippen molar-refractivity contribution in [3.63, 3.8) is 0 Å². The first kappa shape index (κ1) is 39.3. The van der Waals surface area contributed by atoms with Gasteiger partial charge in [0, 0.05) is 4.90 Å². The predicted molar refractivity (Wildman–Crippen MR) is 143 cm³/mol. The Morgan fingerprint density at radius 1 is 0.933 bits per heavy atom. The number of nitrogens with zero attached hydrogens (tertiary/aromatic N) is 4. The van der Waals surface area contributed by atoms with Gasteiger partial charge in [-0.3, -0.25) is 9.83 Å². The van der Waals surface area contributed by atoms with Gasteiger partial charge in [0.15, 0.2) is 11.4 Å². The van der Waals surface area contributed by atoms with Gasteiger partial charge in [0.25, 0.3) is 5.91 Å². The Kier molecular flexibility index (Phi) is 15.2. The van der Waals surface area contributed by atoms with Crippen molar-refractivity contribution in [2.24, 2.45) is 5.10 Å². The zero-order chi connectivity index (χ0) is 31.3. The number of aromatic carboxylic acids is 1. The molecule has 1 aliphatic heterocycles. The van der Waals surface area contributed by atoms with Crippen LogP contribution in [0.5, 0.6) is 5.88 Å². The summed E-state index contributed by atoms with van der Waals surface area (Å²) >= 11 is 0.618. The molecular weight excluding hydrogens is 691 g/mol. The molecule has 0 atom stereocenters. The quantitative estimate of drug-likeness (QED) is 0.0323. The van der Waals surface area contributed by atoms with Crippen LogP contribution in [0.25, 0.3) is 11.8 Å². The molecule has 0 unspecified atom stereocenters. The maximum atomic E-state index is 12.9. The summed E-state index contributed by atoms with van der Waals surface area (Å²) in [4.78, 5) is 36.3. The van der Waals surface area contributed by atoms with Gasteiger partial charge in [-0.2, -0.15) is 24.2 Å². The summed E-state index contributed by atoms with van der Waals surface area (Å²) < 4.78 is 38.5. The molecule has 0 spiro atoms. The number of aliphatic carboxylic acids is 1. The number of rotatable bonds is 11. The molecule has 222 valence electrons. The monoisotopic (exact) mass is 706 g/mol. The number of carboxylic acids is 2. The Morgan fingerprint density at radius 3 is 2.11 bits per heavy atom. The SMILES string of the molecule is O=C(O)C1=NN(c2ccc(SOO[O-])cc2)C(=O)/C1=C/C=C/C=C/c1c(C(=O)O)nn(-c2ccc(S(=O)(=O)[O-])cc2)c1O.[K+].[K+]. The van der Waals surface area contributed by atoms with Crippen LogP contribution in [0, 0.1) is 0 Å². The van der Waals surface area contributed by atoms with Crippen LogP contribution in [0.4, 0.5) is 5.69 Å². The van der Waals surface area contributed by atoms with Gasteiger partial charge in [0.05, 0.1) is 39.4 Å². The van der Waals surface area contributed by atoms with Gasteiger partial charge in [-0.15, -0.1) is 0 Å². The summed E-state index contributed by atoms with van der Waals surface area (Å²) in [6.45, 7) is 0. The van der Waals surface area contributed by atoms with Gasteiger partial charge in [-0.05, 0) is 60.7 Å². The number of hydrazone groups is 1. The van der Waals surface area contributed by atoms with Crippen molar-refractivity contribution in [3.8, 4) is 11.6 Å². The third-order valence-corrected chi connectivity index (χ3v) is 6.97. The first-order valence-corrected chi connectivity index (χ1v) is 13.6. The van der Waals surface area contributed by atoms with E-state index in [0.717, 1.165) is 34.0 Å². The van der Waals surface area contributed by atoms with Crippen LogP contribution >= 0.6 is 12.0 Å².